The van der Waals surface area contributed by atoms with Crippen LogP contribution in [0.2, 0.25) is 16.6 Å². The molecule has 1 aromatic rings. The lowest BCUT2D eigenvalue weighted by Gasteiger charge is -2.42. The molecule has 0 aliphatic carbocycles. The van der Waals surface area contributed by atoms with Crippen LogP contribution in [0, 0.1) is 0 Å². The molecule has 1 rings (SSSR count). The van der Waals surface area contributed by atoms with Crippen molar-refractivity contribution in [2.24, 2.45) is 0 Å². The van der Waals surface area contributed by atoms with Crippen molar-refractivity contribution in [1.29, 1.82) is 0 Å². The molecule has 0 atom stereocenters. The van der Waals surface area contributed by atoms with Crippen molar-refractivity contribution in [2.75, 3.05) is 18.6 Å². The molecule has 0 aliphatic rings. The first-order valence-electron chi connectivity index (χ1n) is 10.5. The third kappa shape index (κ3) is 5.60. The molecule has 0 unspecified atom stereocenters. The normalized spacial score (nSPS) is 12.8. The summed E-state index contributed by atoms with van der Waals surface area (Å²) >= 11 is 0. The topological polar surface area (TPSA) is 38.8 Å². The Labute approximate surface area is 173 Å². The summed E-state index contributed by atoms with van der Waals surface area (Å²) in [6.45, 7) is 20.6. The van der Waals surface area contributed by atoms with E-state index in [2.05, 4.69) is 53.7 Å². The number of carbonyl (C=O) groups excluding carboxylic acids is 1. The van der Waals surface area contributed by atoms with Crippen molar-refractivity contribution in [3.05, 3.63) is 29.8 Å². The van der Waals surface area contributed by atoms with Gasteiger partial charge in [0.15, 0.2) is 8.32 Å². The molecular weight excluding hydrogens is 366 g/mol. The van der Waals surface area contributed by atoms with Crippen LogP contribution in [-0.2, 0) is 15.6 Å². The second-order valence-electron chi connectivity index (χ2n) is 9.56. The molecule has 0 saturated carbocycles. The monoisotopic (exact) mass is 407 g/mol. The zero-order chi connectivity index (χ0) is 21.7. The molecule has 0 saturated heterocycles. The molecule has 0 fully saturated rings. The number of hydrogen-bond donors (Lipinski definition) is 0. The summed E-state index contributed by atoms with van der Waals surface area (Å²) in [5, 5.41) is 0. The highest BCUT2D eigenvalue weighted by atomic mass is 28.4. The molecule has 0 aromatic heterocycles. The maximum Gasteiger partial charge on any atom is 0.414 e. The minimum Gasteiger partial charge on any atom is -0.452 e. The predicted molar refractivity (Wildman–Crippen MR) is 122 cm³/mol. The molecule has 160 valence electrons. The van der Waals surface area contributed by atoms with Crippen LogP contribution in [-0.4, -0.2) is 33.7 Å². The van der Waals surface area contributed by atoms with E-state index in [9.17, 15) is 4.79 Å². The average Bonchev–Trinajstić information content (AvgIpc) is 2.57. The predicted octanol–water partition coefficient (Wildman–Crippen LogP) is 6.79. The van der Waals surface area contributed by atoms with Crippen LogP contribution >= 0.6 is 0 Å². The molecule has 0 aliphatic heterocycles. The Morgan fingerprint density at radius 3 is 1.79 bits per heavy atom. The lowest BCUT2D eigenvalue weighted by atomic mass is 10.0. The molecule has 4 nitrogen and oxygen atoms in total. The first-order valence-corrected chi connectivity index (χ1v) is 12.6. The van der Waals surface area contributed by atoms with Gasteiger partial charge in [-0.25, -0.2) is 4.79 Å². The fraction of sp³-hybridized carbons (Fsp3) is 0.696. The van der Waals surface area contributed by atoms with Crippen molar-refractivity contribution >= 4 is 20.1 Å². The fourth-order valence-corrected chi connectivity index (χ4v) is 9.97. The van der Waals surface area contributed by atoms with Gasteiger partial charge in [-0.05, 0) is 61.5 Å². The molecule has 0 heterocycles. The number of nitrogens with zero attached hydrogens (tertiary/aromatic N) is 1. The number of anilines is 1. The Bertz CT molecular complexity index is 596. The number of benzene rings is 1. The number of methoxy groups -OCH3 is 1. The summed E-state index contributed by atoms with van der Waals surface area (Å²) < 4.78 is 11.6. The molecule has 0 N–H and O–H groups in total. The van der Waals surface area contributed by atoms with E-state index in [1.54, 1.807) is 4.90 Å². The van der Waals surface area contributed by atoms with Crippen LogP contribution in [0.5, 0.6) is 0 Å². The van der Waals surface area contributed by atoms with E-state index in [1.807, 2.05) is 32.9 Å². The molecule has 1 aromatic carbocycles. The standard InChI is InChI=1S/C23H41NO3Si/c1-17(2)28(18(3)4,19(5)6)27-16-15-20-11-13-21(14-12-20)24(22(25)26-10)23(7,8)9/h11-14,17-19H,15-16H2,1-10H3. The maximum atomic E-state index is 12.2. The highest BCUT2D eigenvalue weighted by molar-refractivity contribution is 6.77. The van der Waals surface area contributed by atoms with E-state index in [0.29, 0.717) is 16.6 Å². The van der Waals surface area contributed by atoms with Crippen molar-refractivity contribution in [3.63, 3.8) is 0 Å². The zero-order valence-electron chi connectivity index (χ0n) is 19.6. The van der Waals surface area contributed by atoms with E-state index >= 15 is 0 Å². The van der Waals surface area contributed by atoms with Gasteiger partial charge in [0.2, 0.25) is 0 Å². The Hall–Kier alpha value is -1.33. The first kappa shape index (κ1) is 24.7. The van der Waals surface area contributed by atoms with Gasteiger partial charge in [0, 0.05) is 17.8 Å². The Kier molecular flexibility index (Phi) is 8.76. The minimum atomic E-state index is -1.82. The van der Waals surface area contributed by atoms with E-state index in [4.69, 9.17) is 9.16 Å². The van der Waals surface area contributed by atoms with Gasteiger partial charge in [0.1, 0.15) is 0 Å². The first-order chi connectivity index (χ1) is 12.9. The lowest BCUT2D eigenvalue weighted by molar-refractivity contribution is 0.172. The van der Waals surface area contributed by atoms with Crippen LogP contribution in [0.3, 0.4) is 0 Å². The SMILES string of the molecule is COC(=O)N(c1ccc(CCO[Si](C(C)C)(C(C)C)C(C)C)cc1)C(C)(C)C. The van der Waals surface area contributed by atoms with Crippen LogP contribution in [0.25, 0.3) is 0 Å². The van der Waals surface area contributed by atoms with Crippen molar-refractivity contribution in [2.45, 2.75) is 90.9 Å². The van der Waals surface area contributed by atoms with Gasteiger partial charge in [0.05, 0.1) is 7.11 Å². The maximum absolute atomic E-state index is 12.2. The third-order valence-electron chi connectivity index (χ3n) is 5.67. The van der Waals surface area contributed by atoms with Crippen molar-refractivity contribution < 1.29 is 14.0 Å². The molecule has 0 spiro atoms. The Morgan fingerprint density at radius 2 is 1.43 bits per heavy atom. The summed E-state index contributed by atoms with van der Waals surface area (Å²) in [5.41, 5.74) is 3.50. The molecular formula is C23H41NO3Si. The average molecular weight is 408 g/mol. The second kappa shape index (κ2) is 9.93. The summed E-state index contributed by atoms with van der Waals surface area (Å²) in [6.07, 6.45) is 0.541. The van der Waals surface area contributed by atoms with E-state index in [-0.39, 0.29) is 11.6 Å². The number of carbonyl (C=O) groups is 1. The van der Waals surface area contributed by atoms with Gasteiger partial charge >= 0.3 is 6.09 Å². The van der Waals surface area contributed by atoms with Crippen molar-refractivity contribution in [1.82, 2.24) is 0 Å². The van der Waals surface area contributed by atoms with E-state index in [0.717, 1.165) is 18.7 Å². The van der Waals surface area contributed by atoms with Crippen molar-refractivity contribution in [3.8, 4) is 0 Å². The highest BCUT2D eigenvalue weighted by Crippen LogP contribution is 2.42. The van der Waals surface area contributed by atoms with Gasteiger partial charge in [0.25, 0.3) is 0 Å². The molecule has 28 heavy (non-hydrogen) atoms. The van der Waals surface area contributed by atoms with Gasteiger partial charge in [-0.3, -0.25) is 4.90 Å². The summed E-state index contributed by atoms with van der Waals surface area (Å²) in [4.78, 5) is 13.9. The largest absolute Gasteiger partial charge is 0.452 e. The molecule has 5 heteroatoms. The zero-order valence-corrected chi connectivity index (χ0v) is 20.6. The fourth-order valence-electron chi connectivity index (χ4n) is 4.52. The molecule has 0 radical (unpaired) electrons. The van der Waals surface area contributed by atoms with Gasteiger partial charge in [-0.2, -0.15) is 0 Å². The molecule has 1 amide bonds. The smallest absolute Gasteiger partial charge is 0.414 e. The summed E-state index contributed by atoms with van der Waals surface area (Å²) in [5.74, 6) is 0. The van der Waals surface area contributed by atoms with E-state index in [1.165, 1.54) is 12.7 Å². The third-order valence-corrected chi connectivity index (χ3v) is 11.8. The van der Waals surface area contributed by atoms with Crippen LogP contribution < -0.4 is 4.90 Å². The lowest BCUT2D eigenvalue weighted by Crippen LogP contribution is -2.48. The Morgan fingerprint density at radius 1 is 0.964 bits per heavy atom. The van der Waals surface area contributed by atoms with Crippen LogP contribution in [0.1, 0.15) is 67.9 Å². The highest BCUT2D eigenvalue weighted by Gasteiger charge is 2.44. The van der Waals surface area contributed by atoms with Gasteiger partial charge in [-0.1, -0.05) is 53.7 Å². The number of amides is 1. The summed E-state index contributed by atoms with van der Waals surface area (Å²) in [6, 6.07) is 8.17. The molecule has 0 bridgehead atoms. The summed E-state index contributed by atoms with van der Waals surface area (Å²) in [7, 11) is -0.407. The quantitative estimate of drug-likeness (QED) is 0.445. The number of rotatable bonds is 8. The minimum absolute atomic E-state index is 0.342. The van der Waals surface area contributed by atoms with Gasteiger partial charge in [-0.15, -0.1) is 0 Å². The van der Waals surface area contributed by atoms with E-state index < -0.39 is 8.32 Å². The van der Waals surface area contributed by atoms with Crippen LogP contribution in [0.15, 0.2) is 24.3 Å². The Balaban J connectivity index is 2.89. The van der Waals surface area contributed by atoms with Gasteiger partial charge < -0.3 is 9.16 Å². The second-order valence-corrected chi connectivity index (χ2v) is 15.0. The number of ether oxygens (including phenoxy) is 1. The van der Waals surface area contributed by atoms with Crippen LogP contribution in [0.4, 0.5) is 10.5 Å². The number of hydrogen-bond acceptors (Lipinski definition) is 3.